The first-order valence-corrected chi connectivity index (χ1v) is 8.77. The van der Waals surface area contributed by atoms with Gasteiger partial charge in [0, 0.05) is 4.47 Å². The van der Waals surface area contributed by atoms with E-state index in [-0.39, 0.29) is 18.7 Å². The molecule has 3 rings (SSSR count). The number of nitrogens with zero attached hydrogens (tertiary/aromatic N) is 3. The van der Waals surface area contributed by atoms with E-state index in [0.29, 0.717) is 23.1 Å². The zero-order valence-electron chi connectivity index (χ0n) is 13.8. The Morgan fingerprint density at radius 3 is 2.77 bits per heavy atom. The molecule has 0 amide bonds. The molecule has 26 heavy (non-hydrogen) atoms. The molecule has 0 bridgehead atoms. The third-order valence-electron chi connectivity index (χ3n) is 3.84. The van der Waals surface area contributed by atoms with Gasteiger partial charge in [0.1, 0.15) is 18.5 Å². The SMILES string of the molecule is N#CCc1ccc(OC[C@@H](O)Cn2cnc3ccc(Br)cc3c2=O)cc1. The lowest BCUT2D eigenvalue weighted by Gasteiger charge is -2.14. The lowest BCUT2D eigenvalue weighted by molar-refractivity contribution is 0.0915. The molecular formula is C19H16BrN3O3. The number of fused-ring (bicyclic) bond motifs is 1. The van der Waals surface area contributed by atoms with Gasteiger partial charge < -0.3 is 9.84 Å². The van der Waals surface area contributed by atoms with Crippen LogP contribution in [0.15, 0.2) is 58.1 Å². The molecule has 0 fully saturated rings. The summed E-state index contributed by atoms with van der Waals surface area (Å²) < 4.78 is 7.71. The molecule has 0 radical (unpaired) electrons. The molecule has 3 aromatic rings. The van der Waals surface area contributed by atoms with Crippen molar-refractivity contribution in [1.29, 1.82) is 5.26 Å². The minimum Gasteiger partial charge on any atom is -0.491 e. The molecule has 0 unspecified atom stereocenters. The number of benzene rings is 2. The smallest absolute Gasteiger partial charge is 0.261 e. The van der Waals surface area contributed by atoms with E-state index in [4.69, 9.17) is 10.00 Å². The second-order valence-electron chi connectivity index (χ2n) is 5.81. The second-order valence-corrected chi connectivity index (χ2v) is 6.72. The van der Waals surface area contributed by atoms with E-state index < -0.39 is 6.10 Å². The van der Waals surface area contributed by atoms with Crippen LogP contribution in [0.1, 0.15) is 5.56 Å². The maximum absolute atomic E-state index is 12.5. The number of hydrogen-bond donors (Lipinski definition) is 1. The highest BCUT2D eigenvalue weighted by molar-refractivity contribution is 9.10. The van der Waals surface area contributed by atoms with Gasteiger partial charge in [-0.2, -0.15) is 5.26 Å². The summed E-state index contributed by atoms with van der Waals surface area (Å²) in [7, 11) is 0. The molecule has 1 aromatic heterocycles. The molecule has 0 spiro atoms. The lowest BCUT2D eigenvalue weighted by atomic mass is 10.2. The van der Waals surface area contributed by atoms with E-state index in [9.17, 15) is 9.90 Å². The van der Waals surface area contributed by atoms with Gasteiger partial charge in [0.05, 0.1) is 36.3 Å². The maximum Gasteiger partial charge on any atom is 0.261 e. The molecule has 0 saturated carbocycles. The molecule has 0 aliphatic heterocycles. The molecule has 0 aliphatic carbocycles. The average Bonchev–Trinajstić information content (AvgIpc) is 2.64. The fourth-order valence-corrected chi connectivity index (χ4v) is 2.89. The predicted molar refractivity (Wildman–Crippen MR) is 101 cm³/mol. The van der Waals surface area contributed by atoms with Crippen molar-refractivity contribution < 1.29 is 9.84 Å². The highest BCUT2D eigenvalue weighted by Crippen LogP contribution is 2.15. The molecule has 1 atom stereocenters. The Labute approximate surface area is 158 Å². The number of aliphatic hydroxyl groups excluding tert-OH is 1. The van der Waals surface area contributed by atoms with Crippen LogP contribution in [0, 0.1) is 11.3 Å². The number of aliphatic hydroxyl groups is 1. The van der Waals surface area contributed by atoms with Crippen LogP contribution in [-0.4, -0.2) is 27.4 Å². The normalized spacial score (nSPS) is 11.9. The van der Waals surface area contributed by atoms with Gasteiger partial charge in [0.2, 0.25) is 0 Å². The van der Waals surface area contributed by atoms with Gasteiger partial charge in [-0.3, -0.25) is 9.36 Å². The van der Waals surface area contributed by atoms with Gasteiger partial charge >= 0.3 is 0 Å². The zero-order chi connectivity index (χ0) is 18.5. The van der Waals surface area contributed by atoms with Gasteiger partial charge in [-0.1, -0.05) is 28.1 Å². The first-order chi connectivity index (χ1) is 12.6. The van der Waals surface area contributed by atoms with Crippen LogP contribution in [0.5, 0.6) is 5.75 Å². The van der Waals surface area contributed by atoms with E-state index in [1.165, 1.54) is 10.9 Å². The monoisotopic (exact) mass is 413 g/mol. The Kier molecular flexibility index (Phi) is 5.66. The van der Waals surface area contributed by atoms with Gasteiger partial charge in [-0.25, -0.2) is 4.98 Å². The van der Waals surface area contributed by atoms with Crippen molar-refractivity contribution in [1.82, 2.24) is 9.55 Å². The van der Waals surface area contributed by atoms with Crippen molar-refractivity contribution in [2.75, 3.05) is 6.61 Å². The molecule has 0 aliphatic rings. The summed E-state index contributed by atoms with van der Waals surface area (Å²) in [6.45, 7) is 0.126. The predicted octanol–water partition coefficient (Wildman–Crippen LogP) is 2.66. The Bertz CT molecular complexity index is 1010. The Morgan fingerprint density at radius 1 is 1.27 bits per heavy atom. The van der Waals surface area contributed by atoms with E-state index in [1.54, 1.807) is 36.4 Å². The van der Waals surface area contributed by atoms with Crippen LogP contribution in [-0.2, 0) is 13.0 Å². The lowest BCUT2D eigenvalue weighted by Crippen LogP contribution is -2.30. The molecule has 0 saturated heterocycles. The van der Waals surface area contributed by atoms with Crippen LogP contribution >= 0.6 is 15.9 Å². The standard InChI is InChI=1S/C19H16BrN3O3/c20-14-3-6-18-17(9-14)19(25)23(12-22-18)10-15(24)11-26-16-4-1-13(2-5-16)7-8-21/h1-6,9,12,15,24H,7,10-11H2/t15-/m0/s1. The van der Waals surface area contributed by atoms with Crippen molar-refractivity contribution in [2.24, 2.45) is 0 Å². The number of aromatic nitrogens is 2. The molecule has 132 valence electrons. The molecule has 1 heterocycles. The first kappa shape index (κ1) is 18.1. The number of hydrogen-bond acceptors (Lipinski definition) is 5. The molecule has 1 N–H and O–H groups in total. The van der Waals surface area contributed by atoms with Crippen LogP contribution in [0.4, 0.5) is 0 Å². The number of ether oxygens (including phenoxy) is 1. The second kappa shape index (κ2) is 8.13. The van der Waals surface area contributed by atoms with Gasteiger partial charge in [0.25, 0.3) is 5.56 Å². The van der Waals surface area contributed by atoms with E-state index in [2.05, 4.69) is 27.0 Å². The molecule has 6 nitrogen and oxygen atoms in total. The van der Waals surface area contributed by atoms with Crippen molar-refractivity contribution >= 4 is 26.8 Å². The largest absolute Gasteiger partial charge is 0.491 e. The van der Waals surface area contributed by atoms with Gasteiger partial charge in [0.15, 0.2) is 0 Å². The highest BCUT2D eigenvalue weighted by atomic mass is 79.9. The zero-order valence-corrected chi connectivity index (χ0v) is 15.4. The van der Waals surface area contributed by atoms with Crippen molar-refractivity contribution in [3.63, 3.8) is 0 Å². The van der Waals surface area contributed by atoms with Crippen molar-refractivity contribution in [2.45, 2.75) is 19.1 Å². The van der Waals surface area contributed by atoms with Crippen LogP contribution in [0.25, 0.3) is 10.9 Å². The third kappa shape index (κ3) is 4.28. The van der Waals surface area contributed by atoms with Crippen LogP contribution in [0.2, 0.25) is 0 Å². The Morgan fingerprint density at radius 2 is 2.04 bits per heavy atom. The van der Waals surface area contributed by atoms with Crippen LogP contribution < -0.4 is 10.3 Å². The fraction of sp³-hybridized carbons (Fsp3) is 0.211. The summed E-state index contributed by atoms with van der Waals surface area (Å²) in [5, 5.41) is 19.3. The topological polar surface area (TPSA) is 88.1 Å². The van der Waals surface area contributed by atoms with Gasteiger partial charge in [-0.15, -0.1) is 0 Å². The van der Waals surface area contributed by atoms with Crippen molar-refractivity contribution in [3.05, 3.63) is 69.2 Å². The molecule has 7 heteroatoms. The minimum absolute atomic E-state index is 0.0422. The van der Waals surface area contributed by atoms with E-state index in [1.807, 2.05) is 6.07 Å². The molecular weight excluding hydrogens is 398 g/mol. The summed E-state index contributed by atoms with van der Waals surface area (Å²) in [6, 6.07) is 14.5. The quantitative estimate of drug-likeness (QED) is 0.670. The first-order valence-electron chi connectivity index (χ1n) is 7.98. The van der Waals surface area contributed by atoms with Gasteiger partial charge in [-0.05, 0) is 35.9 Å². The summed E-state index contributed by atoms with van der Waals surface area (Å²) in [5.74, 6) is 0.596. The fourth-order valence-electron chi connectivity index (χ4n) is 2.53. The summed E-state index contributed by atoms with van der Waals surface area (Å²) in [4.78, 5) is 16.8. The maximum atomic E-state index is 12.5. The molecule has 2 aromatic carbocycles. The highest BCUT2D eigenvalue weighted by Gasteiger charge is 2.10. The number of halogens is 1. The number of rotatable bonds is 6. The average molecular weight is 414 g/mol. The summed E-state index contributed by atoms with van der Waals surface area (Å²) in [6.07, 6.45) is 0.910. The third-order valence-corrected chi connectivity index (χ3v) is 4.34. The van der Waals surface area contributed by atoms with E-state index in [0.717, 1.165) is 10.0 Å². The summed E-state index contributed by atoms with van der Waals surface area (Å²) in [5.41, 5.74) is 1.30. The summed E-state index contributed by atoms with van der Waals surface area (Å²) >= 11 is 3.34. The van der Waals surface area contributed by atoms with Crippen molar-refractivity contribution in [3.8, 4) is 11.8 Å². The van der Waals surface area contributed by atoms with E-state index >= 15 is 0 Å². The number of nitriles is 1. The van der Waals surface area contributed by atoms with Crippen LogP contribution in [0.3, 0.4) is 0 Å². The Hall–Kier alpha value is -2.69. The minimum atomic E-state index is -0.863. The Balaban J connectivity index is 1.65.